The molecular weight excluding hydrogens is 783 g/mol. The lowest BCUT2D eigenvalue weighted by Crippen LogP contribution is -2.28. The van der Waals surface area contributed by atoms with E-state index in [1.165, 1.54) is 5.56 Å². The Labute approximate surface area is 370 Å². The minimum absolute atomic E-state index is 0.875. The van der Waals surface area contributed by atoms with Crippen LogP contribution >= 0.6 is 0 Å². The van der Waals surface area contributed by atoms with Gasteiger partial charge in [0.1, 0.15) is 21.1 Å². The maximum atomic E-state index is 5.60. The average Bonchev–Trinajstić information content (AvgIpc) is 4.16. The second-order valence-corrected chi connectivity index (χ2v) is 17.1. The number of aromatic amines is 2. The molecule has 0 radical (unpaired) electrons. The zero-order valence-electron chi connectivity index (χ0n) is 36.1. The SMILES string of the molecule is Cc1ccc(-c2c3nc(c(-c4cc5ccccc5[n+](C)c4)c4ccc([nH]4)c(-c4cc5ccccc5[n+](C)c4)c4nc(c(-c5cc6ccccc6[n+](C)c5)c5ccc2[nH]5)C=C4)C=C3)cc1. The summed E-state index contributed by atoms with van der Waals surface area (Å²) >= 11 is 0. The summed E-state index contributed by atoms with van der Waals surface area (Å²) in [5, 5.41) is 3.46. The van der Waals surface area contributed by atoms with Crippen LogP contribution in [0.15, 0.2) is 158 Å². The lowest BCUT2D eigenvalue weighted by atomic mass is 10.0. The van der Waals surface area contributed by atoms with Gasteiger partial charge in [-0.15, -0.1) is 0 Å². The molecule has 2 N–H and O–H groups in total. The second-order valence-electron chi connectivity index (χ2n) is 17.1. The standard InChI is InChI=1S/C57H44N7/c1-35-17-19-36(20-18-35)54-43-21-23-45(58-43)55(40-29-37-11-5-8-14-51(37)62(2)32-40)47-25-27-49(60-47)57(42-31-39-13-7-10-16-53(39)64(4)34-42)50-28-26-48(61-50)56(46-24-22-44(54)59-46)41-30-38-12-6-9-15-52(38)63(3)33-41/h5-34,58,61H,1-4H3/q+3. The van der Waals surface area contributed by atoms with Gasteiger partial charge < -0.3 is 9.97 Å². The summed E-state index contributed by atoms with van der Waals surface area (Å²) in [6, 6.07) is 50.0. The van der Waals surface area contributed by atoms with Gasteiger partial charge in [0, 0.05) is 78.7 Å². The third kappa shape index (κ3) is 6.23. The minimum Gasteiger partial charge on any atom is -0.354 e. The summed E-state index contributed by atoms with van der Waals surface area (Å²) < 4.78 is 6.63. The lowest BCUT2D eigenvalue weighted by molar-refractivity contribution is -0.644. The van der Waals surface area contributed by atoms with Crippen LogP contribution in [-0.2, 0) is 21.1 Å². The van der Waals surface area contributed by atoms with Crippen molar-refractivity contribution in [2.45, 2.75) is 6.92 Å². The zero-order valence-corrected chi connectivity index (χ0v) is 36.1. The van der Waals surface area contributed by atoms with Gasteiger partial charge in [0.05, 0.1) is 39.5 Å². The molecule has 0 atom stereocenters. The van der Waals surface area contributed by atoms with Gasteiger partial charge in [-0.25, -0.2) is 23.7 Å². The number of para-hydroxylation sites is 3. The molecule has 64 heavy (non-hydrogen) atoms. The van der Waals surface area contributed by atoms with Crippen molar-refractivity contribution < 1.29 is 13.7 Å². The Hall–Kier alpha value is -8.29. The van der Waals surface area contributed by atoms with Gasteiger partial charge in [0.2, 0.25) is 16.6 Å². The zero-order chi connectivity index (χ0) is 43.1. The average molecular weight is 827 g/mol. The first-order chi connectivity index (χ1) is 31.3. The Bertz CT molecular complexity index is 3750. The van der Waals surface area contributed by atoms with Crippen molar-refractivity contribution in [2.24, 2.45) is 21.1 Å². The fourth-order valence-corrected chi connectivity index (χ4v) is 9.79. The number of nitrogens with one attached hydrogen (secondary N) is 2. The van der Waals surface area contributed by atoms with E-state index in [0.717, 1.165) is 122 Å². The van der Waals surface area contributed by atoms with Gasteiger partial charge in [0.15, 0.2) is 18.6 Å². The van der Waals surface area contributed by atoms with E-state index in [1.54, 1.807) is 0 Å². The molecule has 7 heteroatoms. The number of nitrogens with zero attached hydrogens (tertiary/aromatic N) is 5. The Morgan fingerprint density at radius 1 is 0.359 bits per heavy atom. The monoisotopic (exact) mass is 826 g/mol. The summed E-state index contributed by atoms with van der Waals surface area (Å²) in [6.45, 7) is 2.13. The predicted octanol–water partition coefficient (Wildman–Crippen LogP) is 11.6. The minimum atomic E-state index is 0.875. The number of H-pyrrole nitrogens is 2. The summed E-state index contributed by atoms with van der Waals surface area (Å²) in [5.41, 5.74) is 20.4. The van der Waals surface area contributed by atoms with Crippen molar-refractivity contribution in [3.8, 4) is 44.5 Å². The Kier molecular flexibility index (Phi) is 8.59. The van der Waals surface area contributed by atoms with E-state index >= 15 is 0 Å². The summed E-state index contributed by atoms with van der Waals surface area (Å²) in [5.74, 6) is 0. The molecule has 8 heterocycles. The van der Waals surface area contributed by atoms with Crippen molar-refractivity contribution >= 4 is 79.1 Å². The van der Waals surface area contributed by atoms with Crippen molar-refractivity contribution in [1.82, 2.24) is 19.9 Å². The van der Waals surface area contributed by atoms with Crippen LogP contribution in [0.25, 0.3) is 124 Å². The van der Waals surface area contributed by atoms with Gasteiger partial charge in [-0.2, -0.15) is 0 Å². The summed E-state index contributed by atoms with van der Waals surface area (Å²) in [4.78, 5) is 19.0. The second kappa shape index (κ2) is 14.7. The van der Waals surface area contributed by atoms with E-state index in [-0.39, 0.29) is 0 Å². The van der Waals surface area contributed by atoms with Gasteiger partial charge in [0.25, 0.3) is 0 Å². The predicted molar refractivity (Wildman–Crippen MR) is 261 cm³/mol. The molecule has 2 aliphatic rings. The molecule has 10 aromatic rings. The highest BCUT2D eigenvalue weighted by Crippen LogP contribution is 2.39. The molecule has 0 aliphatic carbocycles. The van der Waals surface area contributed by atoms with Gasteiger partial charge >= 0.3 is 0 Å². The third-order valence-electron chi connectivity index (χ3n) is 12.8. The molecule has 0 fully saturated rings. The number of aryl methyl sites for hydroxylation is 4. The van der Waals surface area contributed by atoms with Crippen molar-refractivity contribution in [3.63, 3.8) is 0 Å². The summed E-state index contributed by atoms with van der Waals surface area (Å²) in [7, 11) is 6.35. The molecule has 6 aromatic heterocycles. The summed E-state index contributed by atoms with van der Waals surface area (Å²) in [6.07, 6.45) is 15.3. The third-order valence-corrected chi connectivity index (χ3v) is 12.8. The van der Waals surface area contributed by atoms with E-state index in [2.05, 4.69) is 234 Å². The molecule has 0 spiro atoms. The van der Waals surface area contributed by atoms with Crippen LogP contribution < -0.4 is 13.7 Å². The normalized spacial score (nSPS) is 12.2. The van der Waals surface area contributed by atoms with E-state index in [4.69, 9.17) is 9.97 Å². The van der Waals surface area contributed by atoms with Crippen LogP contribution in [-0.4, -0.2) is 19.9 Å². The molecule has 0 amide bonds. The molecule has 4 aromatic carbocycles. The topological polar surface area (TPSA) is 69.0 Å². The molecular formula is C57H44N7+3. The van der Waals surface area contributed by atoms with E-state index in [0.29, 0.717) is 0 Å². The number of aromatic nitrogens is 7. The largest absolute Gasteiger partial charge is 0.354 e. The Morgan fingerprint density at radius 3 is 1.02 bits per heavy atom. The molecule has 0 saturated heterocycles. The van der Waals surface area contributed by atoms with Crippen LogP contribution in [0.4, 0.5) is 0 Å². The number of fused-ring (bicyclic) bond motifs is 11. The lowest BCUT2D eigenvalue weighted by Gasteiger charge is -2.07. The van der Waals surface area contributed by atoms with Crippen LogP contribution in [0.3, 0.4) is 0 Å². The Morgan fingerprint density at radius 2 is 0.672 bits per heavy atom. The molecule has 12 rings (SSSR count). The molecule has 8 bridgehead atoms. The number of rotatable bonds is 4. The molecule has 304 valence electrons. The van der Waals surface area contributed by atoms with Gasteiger partial charge in [-0.1, -0.05) is 66.2 Å². The van der Waals surface area contributed by atoms with E-state index in [9.17, 15) is 0 Å². The van der Waals surface area contributed by atoms with Crippen LogP contribution in [0.2, 0.25) is 0 Å². The Balaban J connectivity index is 1.26. The van der Waals surface area contributed by atoms with Crippen molar-refractivity contribution in [2.75, 3.05) is 0 Å². The maximum Gasteiger partial charge on any atom is 0.212 e. The quantitative estimate of drug-likeness (QED) is 0.174. The fourth-order valence-electron chi connectivity index (χ4n) is 9.79. The number of hydrogen-bond donors (Lipinski definition) is 2. The van der Waals surface area contributed by atoms with Gasteiger partial charge in [-0.3, -0.25) is 0 Å². The highest BCUT2D eigenvalue weighted by atomic mass is 14.9. The number of hydrogen-bond acceptors (Lipinski definition) is 2. The first-order valence-corrected chi connectivity index (χ1v) is 21.7. The first-order valence-electron chi connectivity index (χ1n) is 21.7. The molecule has 2 aliphatic heterocycles. The van der Waals surface area contributed by atoms with Crippen LogP contribution in [0.1, 0.15) is 28.3 Å². The highest BCUT2D eigenvalue weighted by molar-refractivity contribution is 6.01. The van der Waals surface area contributed by atoms with E-state index < -0.39 is 0 Å². The number of benzene rings is 4. The molecule has 7 nitrogen and oxygen atoms in total. The van der Waals surface area contributed by atoms with Crippen molar-refractivity contribution in [3.05, 3.63) is 186 Å². The fraction of sp³-hybridized carbons (Fsp3) is 0.0702. The van der Waals surface area contributed by atoms with Crippen molar-refractivity contribution in [1.29, 1.82) is 0 Å². The maximum absolute atomic E-state index is 5.60. The molecule has 0 unspecified atom stereocenters. The molecule has 0 saturated carbocycles. The van der Waals surface area contributed by atoms with Crippen LogP contribution in [0.5, 0.6) is 0 Å². The number of pyridine rings is 3. The highest BCUT2D eigenvalue weighted by Gasteiger charge is 2.23. The van der Waals surface area contributed by atoms with Crippen LogP contribution in [0, 0.1) is 6.92 Å². The smallest absolute Gasteiger partial charge is 0.212 e. The van der Waals surface area contributed by atoms with Gasteiger partial charge in [-0.05, 0) is 97.5 Å². The first kappa shape index (κ1) is 37.5. The van der Waals surface area contributed by atoms with E-state index in [1.807, 2.05) is 0 Å².